The summed E-state index contributed by atoms with van der Waals surface area (Å²) in [6.07, 6.45) is 0. The van der Waals surface area contributed by atoms with Crippen molar-refractivity contribution in [3.8, 4) is 0 Å². The first-order valence-corrected chi connectivity index (χ1v) is 7.85. The molecular formula is C15H24BrN3. The topological polar surface area (TPSA) is 18.5 Å². The van der Waals surface area contributed by atoms with Crippen LogP contribution in [0.2, 0.25) is 0 Å². The molecule has 1 aliphatic rings. The van der Waals surface area contributed by atoms with Gasteiger partial charge in [-0.25, -0.2) is 0 Å². The third kappa shape index (κ3) is 4.56. The molecule has 1 atom stereocenters. The predicted octanol–water partition coefficient (Wildman–Crippen LogP) is 2.35. The van der Waals surface area contributed by atoms with Crippen LogP contribution in [-0.2, 0) is 0 Å². The fourth-order valence-electron chi connectivity index (χ4n) is 2.45. The number of piperazine rings is 1. The first-order chi connectivity index (χ1) is 9.16. The van der Waals surface area contributed by atoms with Gasteiger partial charge in [-0.05, 0) is 25.6 Å². The van der Waals surface area contributed by atoms with Crippen molar-refractivity contribution in [3.63, 3.8) is 0 Å². The lowest BCUT2D eigenvalue weighted by atomic mass is 10.1. The van der Waals surface area contributed by atoms with E-state index in [1.54, 1.807) is 0 Å². The van der Waals surface area contributed by atoms with Crippen molar-refractivity contribution in [2.75, 3.05) is 46.3 Å². The lowest BCUT2D eigenvalue weighted by Gasteiger charge is -2.32. The lowest BCUT2D eigenvalue weighted by Crippen LogP contribution is -2.46. The first kappa shape index (κ1) is 15.0. The molecule has 19 heavy (non-hydrogen) atoms. The average Bonchev–Trinajstić information content (AvgIpc) is 2.41. The SMILES string of the molecule is CC(NCCN1CCN(C)CC1)c1ccccc1Br. The molecule has 0 aromatic heterocycles. The van der Waals surface area contributed by atoms with E-state index in [9.17, 15) is 0 Å². The van der Waals surface area contributed by atoms with E-state index in [1.807, 2.05) is 0 Å². The summed E-state index contributed by atoms with van der Waals surface area (Å²) < 4.78 is 1.19. The molecule has 4 heteroatoms. The maximum atomic E-state index is 3.62. The molecule has 0 amide bonds. The van der Waals surface area contributed by atoms with Gasteiger partial charge in [0, 0.05) is 49.8 Å². The second-order valence-corrected chi connectivity index (χ2v) is 6.20. The fraction of sp³-hybridized carbons (Fsp3) is 0.600. The molecule has 2 rings (SSSR count). The number of nitrogens with zero attached hydrogens (tertiary/aromatic N) is 2. The number of rotatable bonds is 5. The van der Waals surface area contributed by atoms with Crippen LogP contribution in [0, 0.1) is 0 Å². The monoisotopic (exact) mass is 325 g/mol. The summed E-state index contributed by atoms with van der Waals surface area (Å²) in [5.41, 5.74) is 1.33. The van der Waals surface area contributed by atoms with Gasteiger partial charge in [0.25, 0.3) is 0 Å². The summed E-state index contributed by atoms with van der Waals surface area (Å²) in [6.45, 7) is 9.20. The van der Waals surface area contributed by atoms with Crippen LogP contribution in [0.1, 0.15) is 18.5 Å². The van der Waals surface area contributed by atoms with Crippen molar-refractivity contribution < 1.29 is 0 Å². The van der Waals surface area contributed by atoms with Crippen LogP contribution < -0.4 is 5.32 Å². The van der Waals surface area contributed by atoms with E-state index in [4.69, 9.17) is 0 Å². The number of likely N-dealkylation sites (N-methyl/N-ethyl adjacent to an activating group) is 1. The van der Waals surface area contributed by atoms with Crippen LogP contribution in [-0.4, -0.2) is 56.1 Å². The Kier molecular flexibility index (Phi) is 5.82. The maximum Gasteiger partial charge on any atom is 0.0303 e. The van der Waals surface area contributed by atoms with Gasteiger partial charge in [-0.2, -0.15) is 0 Å². The summed E-state index contributed by atoms with van der Waals surface area (Å²) in [7, 11) is 2.20. The van der Waals surface area contributed by atoms with Crippen molar-refractivity contribution in [2.24, 2.45) is 0 Å². The highest BCUT2D eigenvalue weighted by Crippen LogP contribution is 2.22. The molecule has 0 spiro atoms. The summed E-state index contributed by atoms with van der Waals surface area (Å²) in [4.78, 5) is 4.94. The Morgan fingerprint density at radius 3 is 2.58 bits per heavy atom. The standard InChI is InChI=1S/C15H24BrN3/c1-13(14-5-3-4-6-15(14)16)17-7-8-19-11-9-18(2)10-12-19/h3-6,13,17H,7-12H2,1-2H3. The van der Waals surface area contributed by atoms with Crippen LogP contribution in [0.25, 0.3) is 0 Å². The number of halogens is 1. The number of benzene rings is 1. The van der Waals surface area contributed by atoms with Crippen molar-refractivity contribution in [3.05, 3.63) is 34.3 Å². The van der Waals surface area contributed by atoms with Gasteiger partial charge < -0.3 is 10.2 Å². The summed E-state index contributed by atoms with van der Waals surface area (Å²) >= 11 is 3.62. The van der Waals surface area contributed by atoms with Crippen molar-refractivity contribution in [1.29, 1.82) is 0 Å². The highest BCUT2D eigenvalue weighted by molar-refractivity contribution is 9.10. The molecule has 3 nitrogen and oxygen atoms in total. The van der Waals surface area contributed by atoms with Gasteiger partial charge in [0.05, 0.1) is 0 Å². The smallest absolute Gasteiger partial charge is 0.0303 e. The molecule has 0 saturated carbocycles. The largest absolute Gasteiger partial charge is 0.309 e. The second-order valence-electron chi connectivity index (χ2n) is 5.34. The molecule has 1 saturated heterocycles. The fourth-order valence-corrected chi connectivity index (χ4v) is 3.08. The molecule has 1 aliphatic heterocycles. The zero-order chi connectivity index (χ0) is 13.7. The molecule has 0 aliphatic carbocycles. The van der Waals surface area contributed by atoms with Gasteiger partial charge in [-0.1, -0.05) is 34.1 Å². The Morgan fingerprint density at radius 2 is 1.89 bits per heavy atom. The molecule has 1 aromatic rings. The van der Waals surface area contributed by atoms with Gasteiger partial charge in [-0.15, -0.1) is 0 Å². The van der Waals surface area contributed by atoms with Crippen LogP contribution in [0.3, 0.4) is 0 Å². The molecule has 1 N–H and O–H groups in total. The van der Waals surface area contributed by atoms with Gasteiger partial charge >= 0.3 is 0 Å². The molecule has 1 aromatic carbocycles. The highest BCUT2D eigenvalue weighted by atomic mass is 79.9. The van der Waals surface area contributed by atoms with Gasteiger partial charge in [-0.3, -0.25) is 4.90 Å². The van der Waals surface area contributed by atoms with Crippen LogP contribution in [0.4, 0.5) is 0 Å². The summed E-state index contributed by atoms with van der Waals surface area (Å²) in [5, 5.41) is 3.61. The Hall–Kier alpha value is -0.420. The van der Waals surface area contributed by atoms with E-state index in [0.29, 0.717) is 6.04 Å². The molecule has 106 valence electrons. The third-order valence-corrected chi connectivity index (χ3v) is 4.57. The van der Waals surface area contributed by atoms with Crippen LogP contribution in [0.5, 0.6) is 0 Å². The zero-order valence-electron chi connectivity index (χ0n) is 11.9. The third-order valence-electron chi connectivity index (χ3n) is 3.85. The van der Waals surface area contributed by atoms with E-state index in [1.165, 1.54) is 36.2 Å². The molecular weight excluding hydrogens is 302 g/mol. The van der Waals surface area contributed by atoms with E-state index in [2.05, 4.69) is 69.3 Å². The molecule has 0 bridgehead atoms. The van der Waals surface area contributed by atoms with E-state index < -0.39 is 0 Å². The van der Waals surface area contributed by atoms with Gasteiger partial charge in [0.2, 0.25) is 0 Å². The van der Waals surface area contributed by atoms with Crippen molar-refractivity contribution in [1.82, 2.24) is 15.1 Å². The second kappa shape index (κ2) is 7.39. The minimum atomic E-state index is 0.392. The summed E-state index contributed by atoms with van der Waals surface area (Å²) in [6, 6.07) is 8.83. The zero-order valence-corrected chi connectivity index (χ0v) is 13.5. The van der Waals surface area contributed by atoms with Crippen molar-refractivity contribution >= 4 is 15.9 Å². The Bertz CT molecular complexity index is 389. The Balaban J connectivity index is 1.72. The first-order valence-electron chi connectivity index (χ1n) is 7.05. The normalized spacial score (nSPS) is 19.5. The number of hydrogen-bond donors (Lipinski definition) is 1. The quantitative estimate of drug-likeness (QED) is 0.896. The van der Waals surface area contributed by atoms with E-state index in [-0.39, 0.29) is 0 Å². The van der Waals surface area contributed by atoms with E-state index >= 15 is 0 Å². The Labute approximate surface area is 125 Å². The minimum absolute atomic E-state index is 0.392. The maximum absolute atomic E-state index is 3.62. The van der Waals surface area contributed by atoms with E-state index in [0.717, 1.165) is 13.1 Å². The van der Waals surface area contributed by atoms with Crippen LogP contribution in [0.15, 0.2) is 28.7 Å². The van der Waals surface area contributed by atoms with Crippen molar-refractivity contribution in [2.45, 2.75) is 13.0 Å². The highest BCUT2D eigenvalue weighted by Gasteiger charge is 2.14. The lowest BCUT2D eigenvalue weighted by molar-refractivity contribution is 0.154. The average molecular weight is 326 g/mol. The number of hydrogen-bond acceptors (Lipinski definition) is 3. The van der Waals surface area contributed by atoms with Gasteiger partial charge in [0.1, 0.15) is 0 Å². The van der Waals surface area contributed by atoms with Crippen LogP contribution >= 0.6 is 15.9 Å². The van der Waals surface area contributed by atoms with Gasteiger partial charge in [0.15, 0.2) is 0 Å². The molecule has 1 fully saturated rings. The predicted molar refractivity (Wildman–Crippen MR) is 84.5 cm³/mol. The minimum Gasteiger partial charge on any atom is -0.309 e. The Morgan fingerprint density at radius 1 is 1.21 bits per heavy atom. The number of nitrogens with one attached hydrogen (secondary N) is 1. The molecule has 1 unspecified atom stereocenters. The summed E-state index contributed by atoms with van der Waals surface area (Å²) in [5.74, 6) is 0. The molecule has 1 heterocycles. The molecule has 0 radical (unpaired) electrons.